The molecule has 0 spiro atoms. The lowest BCUT2D eigenvalue weighted by Crippen LogP contribution is -3.00. The predicted molar refractivity (Wildman–Crippen MR) is 107 cm³/mol. The van der Waals surface area contributed by atoms with Gasteiger partial charge in [0.25, 0.3) is 0 Å². The number of ether oxygens (including phenoxy) is 1. The van der Waals surface area contributed by atoms with Gasteiger partial charge in [-0.25, -0.2) is 9.13 Å². The van der Waals surface area contributed by atoms with E-state index in [0.29, 0.717) is 18.1 Å². The number of carbonyl (C=O) groups is 1. The first kappa shape index (κ1) is 21.7. The van der Waals surface area contributed by atoms with Crippen molar-refractivity contribution in [1.82, 2.24) is 4.57 Å². The van der Waals surface area contributed by atoms with Crippen LogP contribution in [0.5, 0.6) is 5.75 Å². The number of nitrogens with zero attached hydrogens (tertiary/aromatic N) is 2. The van der Waals surface area contributed by atoms with Gasteiger partial charge in [-0.3, -0.25) is 10.5 Å². The van der Waals surface area contributed by atoms with Crippen LogP contribution in [0.3, 0.4) is 0 Å². The van der Waals surface area contributed by atoms with Crippen LogP contribution in [0, 0.1) is 13.8 Å². The average molecular weight is 444 g/mol. The number of aryl methyl sites for hydroxylation is 2. The maximum Gasteiger partial charge on any atom is 0.355 e. The minimum atomic E-state index is 0. The van der Waals surface area contributed by atoms with Crippen LogP contribution in [-0.4, -0.2) is 17.0 Å². The van der Waals surface area contributed by atoms with E-state index in [1.54, 1.807) is 16.7 Å². The number of anilines is 1. The zero-order valence-electron chi connectivity index (χ0n) is 16.7. The summed E-state index contributed by atoms with van der Waals surface area (Å²) in [5.74, 6) is 1.31. The molecule has 2 aromatic carbocycles. The van der Waals surface area contributed by atoms with Crippen molar-refractivity contribution in [3.8, 4) is 17.0 Å². The first-order chi connectivity index (χ1) is 12.9. The molecule has 2 N–H and O–H groups in total. The van der Waals surface area contributed by atoms with Gasteiger partial charge in [0.15, 0.2) is 5.78 Å². The van der Waals surface area contributed by atoms with Gasteiger partial charge in [-0.15, -0.1) is 0 Å². The molecule has 6 heteroatoms. The van der Waals surface area contributed by atoms with Crippen LogP contribution in [0.25, 0.3) is 11.3 Å². The van der Waals surface area contributed by atoms with Gasteiger partial charge in [-0.1, -0.05) is 12.1 Å². The molecule has 3 rings (SSSR count). The van der Waals surface area contributed by atoms with Crippen LogP contribution in [0.2, 0.25) is 0 Å². The van der Waals surface area contributed by atoms with Crippen LogP contribution in [0.15, 0.2) is 48.7 Å². The molecule has 1 heterocycles. The fourth-order valence-electron chi connectivity index (χ4n) is 3.06. The predicted octanol–water partition coefficient (Wildman–Crippen LogP) is 0.464. The molecule has 0 aliphatic rings. The van der Waals surface area contributed by atoms with Crippen LogP contribution in [0.4, 0.5) is 5.95 Å². The van der Waals surface area contributed by atoms with Crippen LogP contribution >= 0.6 is 0 Å². The van der Waals surface area contributed by atoms with Gasteiger partial charge in [0, 0.05) is 11.1 Å². The number of aromatic nitrogens is 2. The number of halogens is 1. The topological polar surface area (TPSA) is 61.1 Å². The first-order valence-electron chi connectivity index (χ1n) is 9.09. The molecule has 0 fully saturated rings. The van der Waals surface area contributed by atoms with Gasteiger partial charge in [-0.05, 0) is 62.2 Å². The molecule has 0 atom stereocenters. The molecule has 3 aromatic rings. The molecule has 148 valence electrons. The highest BCUT2D eigenvalue weighted by molar-refractivity contribution is 5.95. The molecule has 0 aliphatic heterocycles. The largest absolute Gasteiger partial charge is 1.00 e. The summed E-state index contributed by atoms with van der Waals surface area (Å²) in [5, 5.41) is 0. The maximum absolute atomic E-state index is 12.7. The first-order valence-corrected chi connectivity index (χ1v) is 9.09. The second-order valence-electron chi connectivity index (χ2n) is 6.74. The van der Waals surface area contributed by atoms with Crippen molar-refractivity contribution in [2.45, 2.75) is 27.3 Å². The molecule has 1 aromatic heterocycles. The molecule has 0 amide bonds. The van der Waals surface area contributed by atoms with Crippen molar-refractivity contribution in [2.24, 2.45) is 7.05 Å². The number of nitrogen functional groups attached to an aromatic ring is 1. The van der Waals surface area contributed by atoms with Crippen LogP contribution in [-0.2, 0) is 13.6 Å². The summed E-state index contributed by atoms with van der Waals surface area (Å²) < 4.78 is 9.13. The summed E-state index contributed by atoms with van der Waals surface area (Å²) in [6.45, 7) is 6.91. The number of nitrogens with two attached hydrogens (primary N) is 1. The Hall–Kier alpha value is -2.60. The zero-order valence-corrected chi connectivity index (χ0v) is 18.3. The van der Waals surface area contributed by atoms with E-state index in [-0.39, 0.29) is 29.3 Å². The normalized spacial score (nSPS) is 10.4. The SMILES string of the molecule is CCOc1ccc(C(=O)C[n+]2cc(-c3ccc(C)c(C)c3)n(C)c2N)cc1.[Br-]. The van der Waals surface area contributed by atoms with Gasteiger partial charge < -0.3 is 21.7 Å². The molecule has 28 heavy (non-hydrogen) atoms. The summed E-state index contributed by atoms with van der Waals surface area (Å²) in [6, 6.07) is 13.5. The van der Waals surface area contributed by atoms with E-state index < -0.39 is 0 Å². The van der Waals surface area contributed by atoms with E-state index in [9.17, 15) is 4.79 Å². The summed E-state index contributed by atoms with van der Waals surface area (Å²) in [7, 11) is 1.91. The van der Waals surface area contributed by atoms with Gasteiger partial charge in [0.1, 0.15) is 24.2 Å². The highest BCUT2D eigenvalue weighted by Gasteiger charge is 2.20. The second kappa shape index (κ2) is 9.06. The number of rotatable bonds is 6. The molecule has 0 saturated heterocycles. The standard InChI is InChI=1S/C22H25N3O2.BrH/c1-5-27-19-10-8-17(9-11-19)21(26)14-25-13-20(24(4)22(25)23)18-7-6-15(2)16(3)12-18;/h6-13,23H,5,14H2,1-4H3;1H. The van der Waals surface area contributed by atoms with Crippen molar-refractivity contribution in [1.29, 1.82) is 0 Å². The monoisotopic (exact) mass is 443 g/mol. The van der Waals surface area contributed by atoms with E-state index in [0.717, 1.165) is 17.0 Å². The Morgan fingerprint density at radius 3 is 2.39 bits per heavy atom. The highest BCUT2D eigenvalue weighted by Crippen LogP contribution is 2.23. The third-order valence-electron chi connectivity index (χ3n) is 4.88. The summed E-state index contributed by atoms with van der Waals surface area (Å²) in [5.41, 5.74) is 11.4. The Balaban J connectivity index is 0.00000280. The third kappa shape index (κ3) is 4.44. The number of hydrogen-bond acceptors (Lipinski definition) is 3. The number of Topliss-reactive ketones (excluding diaryl/α,β-unsaturated/α-hetero) is 1. The van der Waals surface area contributed by atoms with E-state index in [1.807, 2.05) is 36.9 Å². The number of hydrogen-bond donors (Lipinski definition) is 1. The molecule has 0 unspecified atom stereocenters. The van der Waals surface area contributed by atoms with Gasteiger partial charge in [0.05, 0.1) is 13.7 Å². The average Bonchev–Trinajstić information content (AvgIpc) is 2.93. The van der Waals surface area contributed by atoms with Gasteiger partial charge in [-0.2, -0.15) is 0 Å². The van der Waals surface area contributed by atoms with Gasteiger partial charge >= 0.3 is 5.95 Å². The second-order valence-corrected chi connectivity index (χ2v) is 6.74. The molecular weight excluding hydrogens is 418 g/mol. The molecule has 0 bridgehead atoms. The fourth-order valence-corrected chi connectivity index (χ4v) is 3.06. The van der Waals surface area contributed by atoms with E-state index in [4.69, 9.17) is 10.5 Å². The number of imidazole rings is 1. The Kier molecular flexibility index (Phi) is 7.02. The maximum atomic E-state index is 12.7. The number of carbonyl (C=O) groups excluding carboxylic acids is 1. The number of benzene rings is 2. The third-order valence-corrected chi connectivity index (χ3v) is 4.88. The van der Waals surface area contributed by atoms with E-state index >= 15 is 0 Å². The summed E-state index contributed by atoms with van der Waals surface area (Å²) in [6.07, 6.45) is 1.94. The summed E-state index contributed by atoms with van der Waals surface area (Å²) in [4.78, 5) is 12.7. The quantitative estimate of drug-likeness (QED) is 0.444. The molecule has 0 aliphatic carbocycles. The van der Waals surface area contributed by atoms with Crippen molar-refractivity contribution in [3.05, 3.63) is 65.4 Å². The van der Waals surface area contributed by atoms with Crippen molar-refractivity contribution >= 4 is 11.7 Å². The van der Waals surface area contributed by atoms with Gasteiger partial charge in [0.2, 0.25) is 0 Å². The lowest BCUT2D eigenvalue weighted by atomic mass is 10.0. The van der Waals surface area contributed by atoms with Crippen molar-refractivity contribution < 1.29 is 31.1 Å². The molecular formula is C22H26BrN3O2. The Morgan fingerprint density at radius 2 is 1.79 bits per heavy atom. The lowest BCUT2D eigenvalue weighted by Gasteiger charge is -2.04. The number of ketones is 1. The Morgan fingerprint density at radius 1 is 1.11 bits per heavy atom. The minimum Gasteiger partial charge on any atom is -1.00 e. The van der Waals surface area contributed by atoms with E-state index in [1.165, 1.54) is 11.1 Å². The van der Waals surface area contributed by atoms with Crippen LogP contribution in [0.1, 0.15) is 28.4 Å². The van der Waals surface area contributed by atoms with Crippen LogP contribution < -0.4 is 32.0 Å². The molecule has 5 nitrogen and oxygen atoms in total. The van der Waals surface area contributed by atoms with Crippen molar-refractivity contribution in [2.75, 3.05) is 12.3 Å². The lowest BCUT2D eigenvalue weighted by molar-refractivity contribution is -0.667. The van der Waals surface area contributed by atoms with E-state index in [2.05, 4.69) is 32.0 Å². The minimum absolute atomic E-state index is 0. The fraction of sp³-hybridized carbons (Fsp3) is 0.273. The highest BCUT2D eigenvalue weighted by atomic mass is 79.9. The zero-order chi connectivity index (χ0) is 19.6. The molecule has 0 radical (unpaired) electrons. The molecule has 0 saturated carbocycles. The smallest absolute Gasteiger partial charge is 0.355 e. The van der Waals surface area contributed by atoms with Crippen molar-refractivity contribution in [3.63, 3.8) is 0 Å². The Bertz CT molecular complexity index is 978. The Labute approximate surface area is 176 Å². The summed E-state index contributed by atoms with van der Waals surface area (Å²) >= 11 is 0.